The summed E-state index contributed by atoms with van der Waals surface area (Å²) in [7, 11) is 0. The highest BCUT2D eigenvalue weighted by molar-refractivity contribution is 5.84. The molecular weight excluding hydrogens is 231 g/mol. The van der Waals surface area contributed by atoms with E-state index in [2.05, 4.69) is 4.98 Å². The average molecular weight is 244 g/mol. The number of Topliss-reactive ketones (excluding diaryl/α,β-unsaturated/α-hetero) is 1. The molecule has 2 aromatic rings. The van der Waals surface area contributed by atoms with Crippen molar-refractivity contribution < 1.29 is 9.18 Å². The zero-order valence-electron chi connectivity index (χ0n) is 9.77. The Hall–Kier alpha value is -2.23. The first-order valence-corrected chi connectivity index (χ1v) is 5.59. The topological polar surface area (TPSA) is 56.0 Å². The molecule has 0 atom stereocenters. The van der Waals surface area contributed by atoms with Crippen LogP contribution in [0.1, 0.15) is 11.1 Å². The number of pyridine rings is 1. The van der Waals surface area contributed by atoms with E-state index >= 15 is 0 Å². The average Bonchev–Trinajstić information content (AvgIpc) is 2.32. The third-order valence-electron chi connectivity index (χ3n) is 2.62. The number of benzene rings is 1. The van der Waals surface area contributed by atoms with E-state index in [4.69, 9.17) is 5.73 Å². The molecule has 0 amide bonds. The normalized spacial score (nSPS) is 10.3. The third kappa shape index (κ3) is 3.13. The Morgan fingerprint density at radius 1 is 1.28 bits per heavy atom. The van der Waals surface area contributed by atoms with E-state index in [1.165, 1.54) is 12.1 Å². The van der Waals surface area contributed by atoms with Gasteiger partial charge in [0.05, 0.1) is 0 Å². The summed E-state index contributed by atoms with van der Waals surface area (Å²) in [4.78, 5) is 15.8. The second-order valence-corrected chi connectivity index (χ2v) is 4.10. The number of aromatic nitrogens is 1. The van der Waals surface area contributed by atoms with Crippen LogP contribution in [0, 0.1) is 5.82 Å². The summed E-state index contributed by atoms with van der Waals surface area (Å²) in [6.07, 6.45) is 3.58. The van der Waals surface area contributed by atoms with Crippen LogP contribution in [0.4, 0.5) is 10.1 Å². The first kappa shape index (κ1) is 12.2. The highest BCUT2D eigenvalue weighted by Crippen LogP contribution is 2.12. The molecule has 0 saturated heterocycles. The van der Waals surface area contributed by atoms with Crippen LogP contribution in [-0.4, -0.2) is 10.8 Å². The third-order valence-corrected chi connectivity index (χ3v) is 2.62. The number of nitrogen functional groups attached to an aromatic ring is 1. The lowest BCUT2D eigenvalue weighted by Gasteiger charge is -2.04. The van der Waals surface area contributed by atoms with E-state index in [0.717, 1.165) is 0 Å². The predicted molar refractivity (Wildman–Crippen MR) is 67.5 cm³/mol. The van der Waals surface area contributed by atoms with Crippen LogP contribution in [0.15, 0.2) is 42.7 Å². The zero-order valence-corrected chi connectivity index (χ0v) is 9.77. The Morgan fingerprint density at radius 2 is 2.11 bits per heavy atom. The molecule has 0 aliphatic heterocycles. The largest absolute Gasteiger partial charge is 0.398 e. The zero-order chi connectivity index (χ0) is 13.0. The van der Waals surface area contributed by atoms with Crippen molar-refractivity contribution in [1.29, 1.82) is 0 Å². The summed E-state index contributed by atoms with van der Waals surface area (Å²) in [5.41, 5.74) is 7.66. The van der Waals surface area contributed by atoms with Gasteiger partial charge in [0.1, 0.15) is 11.6 Å². The van der Waals surface area contributed by atoms with E-state index in [1.807, 2.05) is 0 Å². The number of rotatable bonds is 4. The van der Waals surface area contributed by atoms with E-state index in [-0.39, 0.29) is 24.4 Å². The highest BCUT2D eigenvalue weighted by atomic mass is 19.1. The predicted octanol–water partition coefficient (Wildman–Crippen LogP) is 2.16. The van der Waals surface area contributed by atoms with Crippen LogP contribution in [0.5, 0.6) is 0 Å². The number of anilines is 1. The summed E-state index contributed by atoms with van der Waals surface area (Å²) in [6, 6.07) is 7.70. The van der Waals surface area contributed by atoms with E-state index in [1.54, 1.807) is 30.6 Å². The van der Waals surface area contributed by atoms with Gasteiger partial charge in [0.25, 0.3) is 0 Å². The van der Waals surface area contributed by atoms with Crippen molar-refractivity contribution in [3.05, 3.63) is 59.7 Å². The summed E-state index contributed by atoms with van der Waals surface area (Å²) >= 11 is 0. The lowest BCUT2D eigenvalue weighted by atomic mass is 10.0. The minimum atomic E-state index is -0.332. The van der Waals surface area contributed by atoms with Crippen molar-refractivity contribution >= 4 is 11.5 Å². The fourth-order valence-electron chi connectivity index (χ4n) is 1.74. The summed E-state index contributed by atoms with van der Waals surface area (Å²) < 4.78 is 13.0. The maximum Gasteiger partial charge on any atom is 0.141 e. The minimum Gasteiger partial charge on any atom is -0.398 e. The van der Waals surface area contributed by atoms with E-state index < -0.39 is 0 Å². The minimum absolute atomic E-state index is 0.0136. The maximum absolute atomic E-state index is 13.0. The van der Waals surface area contributed by atoms with Crippen molar-refractivity contribution in [2.45, 2.75) is 12.8 Å². The number of halogens is 1. The summed E-state index contributed by atoms with van der Waals surface area (Å²) in [6.45, 7) is 0. The second-order valence-electron chi connectivity index (χ2n) is 4.10. The standard InChI is InChI=1S/C14H13FN2O/c15-12-3-1-2-10(6-12)7-13(18)8-11-9-17-5-4-14(11)16/h1-6,9H,7-8H2,(H2,16,17). The lowest BCUT2D eigenvalue weighted by molar-refractivity contribution is -0.117. The molecule has 4 heteroatoms. The maximum atomic E-state index is 13.0. The van der Waals surface area contributed by atoms with Gasteiger partial charge in [-0.3, -0.25) is 9.78 Å². The molecule has 0 unspecified atom stereocenters. The monoisotopic (exact) mass is 244 g/mol. The molecule has 18 heavy (non-hydrogen) atoms. The van der Waals surface area contributed by atoms with Crippen molar-refractivity contribution in [1.82, 2.24) is 4.98 Å². The number of carbonyl (C=O) groups is 1. The molecule has 0 saturated carbocycles. The van der Waals surface area contributed by atoms with Crippen molar-refractivity contribution in [2.75, 3.05) is 5.73 Å². The van der Waals surface area contributed by atoms with Crippen LogP contribution in [0.3, 0.4) is 0 Å². The molecule has 92 valence electrons. The number of ketones is 1. The van der Waals surface area contributed by atoms with Gasteiger partial charge in [0.15, 0.2) is 0 Å². The first-order valence-electron chi connectivity index (χ1n) is 5.59. The molecular formula is C14H13FN2O. The van der Waals surface area contributed by atoms with E-state index in [0.29, 0.717) is 16.8 Å². The molecule has 1 aromatic heterocycles. The Kier molecular flexibility index (Phi) is 3.67. The number of carbonyl (C=O) groups excluding carboxylic acids is 1. The molecule has 0 aliphatic rings. The quantitative estimate of drug-likeness (QED) is 0.896. The molecule has 0 radical (unpaired) electrons. The number of nitrogens with two attached hydrogens (primary N) is 1. The molecule has 1 heterocycles. The molecule has 0 bridgehead atoms. The Bertz CT molecular complexity index is 569. The molecule has 0 aliphatic carbocycles. The van der Waals surface area contributed by atoms with Gasteiger partial charge in [-0.1, -0.05) is 12.1 Å². The van der Waals surface area contributed by atoms with Gasteiger partial charge in [0.2, 0.25) is 0 Å². The van der Waals surface area contributed by atoms with Crippen molar-refractivity contribution in [2.24, 2.45) is 0 Å². The van der Waals surface area contributed by atoms with E-state index in [9.17, 15) is 9.18 Å². The van der Waals surface area contributed by atoms with Gasteiger partial charge in [-0.25, -0.2) is 4.39 Å². The first-order chi connectivity index (χ1) is 8.65. The molecule has 3 nitrogen and oxygen atoms in total. The number of hydrogen-bond donors (Lipinski definition) is 1. The van der Waals surface area contributed by atoms with Crippen molar-refractivity contribution in [3.63, 3.8) is 0 Å². The Labute approximate surface area is 104 Å². The lowest BCUT2D eigenvalue weighted by Crippen LogP contribution is -2.08. The molecule has 1 aromatic carbocycles. The molecule has 2 rings (SSSR count). The SMILES string of the molecule is Nc1ccncc1CC(=O)Cc1cccc(F)c1. The second kappa shape index (κ2) is 5.40. The van der Waals surface area contributed by atoms with Gasteiger partial charge in [0, 0.05) is 36.5 Å². The van der Waals surface area contributed by atoms with Gasteiger partial charge in [-0.15, -0.1) is 0 Å². The van der Waals surface area contributed by atoms with Gasteiger partial charge >= 0.3 is 0 Å². The Balaban J connectivity index is 2.03. The summed E-state index contributed by atoms with van der Waals surface area (Å²) in [5.74, 6) is -0.346. The molecule has 0 spiro atoms. The van der Waals surface area contributed by atoms with Crippen LogP contribution >= 0.6 is 0 Å². The van der Waals surface area contributed by atoms with Crippen molar-refractivity contribution in [3.8, 4) is 0 Å². The highest BCUT2D eigenvalue weighted by Gasteiger charge is 2.08. The molecule has 0 fully saturated rings. The van der Waals surface area contributed by atoms with Gasteiger partial charge < -0.3 is 5.73 Å². The Morgan fingerprint density at radius 3 is 2.83 bits per heavy atom. The van der Waals surface area contributed by atoms with Crippen LogP contribution in [0.25, 0.3) is 0 Å². The fraction of sp³-hybridized carbons (Fsp3) is 0.143. The van der Waals surface area contributed by atoms with Crippen LogP contribution < -0.4 is 5.73 Å². The molecule has 2 N–H and O–H groups in total. The fourth-order valence-corrected chi connectivity index (χ4v) is 1.74. The van der Waals surface area contributed by atoms with Gasteiger partial charge in [-0.2, -0.15) is 0 Å². The van der Waals surface area contributed by atoms with Gasteiger partial charge in [-0.05, 0) is 23.8 Å². The number of hydrogen-bond acceptors (Lipinski definition) is 3. The summed E-state index contributed by atoms with van der Waals surface area (Å²) in [5, 5.41) is 0. The van der Waals surface area contributed by atoms with Crippen LogP contribution in [-0.2, 0) is 17.6 Å². The smallest absolute Gasteiger partial charge is 0.141 e. The number of nitrogens with zero attached hydrogens (tertiary/aromatic N) is 1. The van der Waals surface area contributed by atoms with Crippen LogP contribution in [0.2, 0.25) is 0 Å².